The van der Waals surface area contributed by atoms with Crippen LogP contribution in [0.2, 0.25) is 10.0 Å². The molecule has 0 spiro atoms. The number of allylic oxidation sites excluding steroid dienone is 3. The molecule has 0 heterocycles. The van der Waals surface area contributed by atoms with Crippen LogP contribution in [0.1, 0.15) is 12.8 Å². The summed E-state index contributed by atoms with van der Waals surface area (Å²) in [5.74, 6) is -0.436. The first-order valence-corrected chi connectivity index (χ1v) is 10.1. The molecule has 1 unspecified atom stereocenters. The van der Waals surface area contributed by atoms with Gasteiger partial charge >= 0.3 is 6.03 Å². The number of sulfonamides is 1. The van der Waals surface area contributed by atoms with Crippen molar-refractivity contribution in [3.8, 4) is 0 Å². The number of hydrogen-bond donors (Lipinski definition) is 3. The van der Waals surface area contributed by atoms with Crippen molar-refractivity contribution in [3.05, 3.63) is 52.3 Å². The fraction of sp³-hybridized carbons (Fsp3) is 0.312. The number of nitrogens with one attached hydrogen (secondary N) is 3. The number of anilines is 1. The van der Waals surface area contributed by atoms with Crippen molar-refractivity contribution in [1.29, 1.82) is 0 Å². The van der Waals surface area contributed by atoms with Crippen molar-refractivity contribution in [3.63, 3.8) is 0 Å². The minimum absolute atomic E-state index is 0.0992. The Bertz CT molecular complexity index is 828. The van der Waals surface area contributed by atoms with E-state index in [0.29, 0.717) is 22.2 Å². The van der Waals surface area contributed by atoms with Gasteiger partial charge in [-0.3, -0.25) is 0 Å². The molecule has 3 N–H and O–H groups in total. The number of hydrogen-bond acceptors (Lipinski definition) is 3. The minimum atomic E-state index is -3.57. The maximum atomic E-state index is 12.9. The van der Waals surface area contributed by atoms with E-state index in [1.807, 2.05) is 0 Å². The van der Waals surface area contributed by atoms with E-state index >= 15 is 0 Å². The molecule has 6 nitrogen and oxygen atoms in total. The van der Waals surface area contributed by atoms with E-state index in [0.717, 1.165) is 6.08 Å². The van der Waals surface area contributed by atoms with Gasteiger partial charge in [0.2, 0.25) is 10.0 Å². The lowest BCUT2D eigenvalue weighted by Crippen LogP contribution is -2.36. The molecule has 2 amide bonds. The first-order valence-electron chi connectivity index (χ1n) is 7.80. The van der Waals surface area contributed by atoms with Crippen LogP contribution in [0.15, 0.2) is 42.3 Å². The van der Waals surface area contributed by atoms with Gasteiger partial charge in [0, 0.05) is 18.8 Å². The van der Waals surface area contributed by atoms with Crippen molar-refractivity contribution >= 4 is 44.9 Å². The Morgan fingerprint density at radius 3 is 2.65 bits per heavy atom. The highest BCUT2D eigenvalue weighted by molar-refractivity contribution is 7.90. The predicted octanol–water partition coefficient (Wildman–Crippen LogP) is 3.61. The van der Waals surface area contributed by atoms with E-state index in [1.54, 1.807) is 12.1 Å². The fourth-order valence-electron chi connectivity index (χ4n) is 2.17. The summed E-state index contributed by atoms with van der Waals surface area (Å²) in [7, 11) is -3.57. The molecule has 2 rings (SSSR count). The first-order chi connectivity index (χ1) is 12.3. The molecule has 0 fully saturated rings. The molecule has 1 atom stereocenters. The Kier molecular flexibility index (Phi) is 7.45. The van der Waals surface area contributed by atoms with Crippen molar-refractivity contribution in [1.82, 2.24) is 10.0 Å². The molecule has 0 aromatic heterocycles. The largest absolute Gasteiger partial charge is 0.338 e. The summed E-state index contributed by atoms with van der Waals surface area (Å²) in [4.78, 5) is 11.8. The van der Waals surface area contributed by atoms with E-state index in [1.165, 1.54) is 18.2 Å². The van der Waals surface area contributed by atoms with E-state index < -0.39 is 27.1 Å². The zero-order valence-corrected chi connectivity index (χ0v) is 16.0. The van der Waals surface area contributed by atoms with Gasteiger partial charge in [-0.1, -0.05) is 29.3 Å². The maximum absolute atomic E-state index is 12.9. The molecule has 0 aliphatic heterocycles. The van der Waals surface area contributed by atoms with E-state index in [4.69, 9.17) is 23.2 Å². The first kappa shape index (κ1) is 20.7. The van der Waals surface area contributed by atoms with Crippen LogP contribution < -0.4 is 15.4 Å². The second kappa shape index (κ2) is 9.36. The Morgan fingerprint density at radius 2 is 2.00 bits per heavy atom. The zero-order chi connectivity index (χ0) is 19.2. The Balaban J connectivity index is 1.67. The summed E-state index contributed by atoms with van der Waals surface area (Å²) in [6.07, 6.45) is 4.19. The highest BCUT2D eigenvalue weighted by atomic mass is 35.5. The summed E-state index contributed by atoms with van der Waals surface area (Å²) in [5, 5.41) is 5.12. The van der Waals surface area contributed by atoms with Gasteiger partial charge in [0.25, 0.3) is 0 Å². The molecule has 0 radical (unpaired) electrons. The molecule has 1 aromatic rings. The van der Waals surface area contributed by atoms with Gasteiger partial charge in [-0.15, -0.1) is 0 Å². The second-order valence-corrected chi connectivity index (χ2v) is 8.32. The Morgan fingerprint density at radius 1 is 1.23 bits per heavy atom. The molecule has 142 valence electrons. The zero-order valence-electron chi connectivity index (χ0n) is 13.6. The summed E-state index contributed by atoms with van der Waals surface area (Å²) in [6, 6.07) is 4.25. The number of halogens is 3. The number of amides is 2. The van der Waals surface area contributed by atoms with Crippen LogP contribution in [0.4, 0.5) is 14.9 Å². The van der Waals surface area contributed by atoms with E-state index in [2.05, 4.69) is 15.4 Å². The normalized spacial score (nSPS) is 16.9. The number of rotatable bonds is 7. The van der Waals surface area contributed by atoms with Gasteiger partial charge in [0.1, 0.15) is 5.83 Å². The molecule has 1 aromatic carbocycles. The monoisotopic (exact) mass is 421 g/mol. The van der Waals surface area contributed by atoms with Gasteiger partial charge in [-0.05, 0) is 43.2 Å². The summed E-state index contributed by atoms with van der Waals surface area (Å²) >= 11 is 11.7. The third kappa shape index (κ3) is 6.28. The molecule has 10 heteroatoms. The van der Waals surface area contributed by atoms with E-state index in [-0.39, 0.29) is 19.5 Å². The third-order valence-corrected chi connectivity index (χ3v) is 6.03. The van der Waals surface area contributed by atoms with Crippen LogP contribution >= 0.6 is 23.2 Å². The third-order valence-electron chi connectivity index (χ3n) is 3.53. The summed E-state index contributed by atoms with van der Waals surface area (Å²) in [6.45, 7) is 0.427. The van der Waals surface area contributed by atoms with Crippen molar-refractivity contribution < 1.29 is 17.6 Å². The number of carbonyl (C=O) groups excluding carboxylic acids is 1. The van der Waals surface area contributed by atoms with Crippen molar-refractivity contribution in [2.75, 3.05) is 18.4 Å². The molecule has 0 saturated carbocycles. The highest BCUT2D eigenvalue weighted by Crippen LogP contribution is 2.24. The maximum Gasteiger partial charge on any atom is 0.319 e. The van der Waals surface area contributed by atoms with Crippen LogP contribution in [0.3, 0.4) is 0 Å². The van der Waals surface area contributed by atoms with Crippen LogP contribution in [0.5, 0.6) is 0 Å². The molecular formula is C16H18Cl2FN3O3S. The van der Waals surface area contributed by atoms with Gasteiger partial charge in [0.15, 0.2) is 0 Å². The van der Waals surface area contributed by atoms with Gasteiger partial charge < -0.3 is 10.6 Å². The molecule has 0 saturated heterocycles. The second-order valence-electron chi connectivity index (χ2n) is 5.52. The number of carbonyl (C=O) groups is 1. The van der Waals surface area contributed by atoms with Crippen molar-refractivity contribution in [2.24, 2.45) is 0 Å². The molecule has 1 aliphatic rings. The van der Waals surface area contributed by atoms with Gasteiger partial charge in [-0.2, -0.15) is 0 Å². The SMILES string of the molecule is O=C(NCCCNS(=O)(=O)C1C=CC(F)=CC1)Nc1ccc(Cl)c(Cl)c1. The molecule has 1 aliphatic carbocycles. The lowest BCUT2D eigenvalue weighted by molar-refractivity contribution is 0.252. The summed E-state index contributed by atoms with van der Waals surface area (Å²) < 4.78 is 39.4. The topological polar surface area (TPSA) is 87.3 Å². The van der Waals surface area contributed by atoms with Gasteiger partial charge in [0.05, 0.1) is 15.3 Å². The van der Waals surface area contributed by atoms with E-state index in [9.17, 15) is 17.6 Å². The quantitative estimate of drug-likeness (QED) is 0.587. The summed E-state index contributed by atoms with van der Waals surface area (Å²) in [5.41, 5.74) is 0.488. The number of benzene rings is 1. The van der Waals surface area contributed by atoms with Crippen LogP contribution in [-0.2, 0) is 10.0 Å². The predicted molar refractivity (Wildman–Crippen MR) is 102 cm³/mol. The van der Waals surface area contributed by atoms with Crippen molar-refractivity contribution in [2.45, 2.75) is 18.1 Å². The van der Waals surface area contributed by atoms with Crippen LogP contribution in [0.25, 0.3) is 0 Å². The smallest absolute Gasteiger partial charge is 0.319 e. The average Bonchev–Trinajstić information content (AvgIpc) is 2.58. The molecular weight excluding hydrogens is 404 g/mol. The minimum Gasteiger partial charge on any atom is -0.338 e. The van der Waals surface area contributed by atoms with Crippen LogP contribution in [0, 0.1) is 0 Å². The standard InChI is InChI=1S/C16H18Cl2FN3O3S/c17-14-7-4-12(10-15(14)18)22-16(23)20-8-1-9-21-26(24,25)13-5-2-11(19)3-6-13/h2-5,7,10,13,21H,1,6,8-9H2,(H2,20,22,23). The van der Waals surface area contributed by atoms with Crippen LogP contribution in [-0.4, -0.2) is 32.8 Å². The lowest BCUT2D eigenvalue weighted by Gasteiger charge is -2.15. The lowest BCUT2D eigenvalue weighted by atomic mass is 10.2. The molecule has 0 bridgehead atoms. The highest BCUT2D eigenvalue weighted by Gasteiger charge is 2.23. The Labute approximate surface area is 161 Å². The fourth-order valence-corrected chi connectivity index (χ4v) is 3.74. The van der Waals surface area contributed by atoms with Gasteiger partial charge in [-0.25, -0.2) is 22.3 Å². The average molecular weight is 422 g/mol. The Hall–Kier alpha value is -1.61. The molecule has 26 heavy (non-hydrogen) atoms. The number of urea groups is 1.